The SMILES string of the molecule is CC(N)(N)C(=O)c1cc2ccccc2cc1O. The number of carbonyl (C=O) groups is 1. The highest BCUT2D eigenvalue weighted by atomic mass is 16.3. The monoisotopic (exact) mass is 230 g/mol. The van der Waals surface area contributed by atoms with E-state index in [2.05, 4.69) is 0 Å². The summed E-state index contributed by atoms with van der Waals surface area (Å²) < 4.78 is 0. The van der Waals surface area contributed by atoms with E-state index in [1.165, 1.54) is 13.0 Å². The predicted octanol–water partition coefficient (Wildman–Crippen LogP) is 1.36. The topological polar surface area (TPSA) is 89.3 Å². The zero-order valence-corrected chi connectivity index (χ0v) is 9.47. The molecule has 0 radical (unpaired) electrons. The maximum absolute atomic E-state index is 11.9. The lowest BCUT2D eigenvalue weighted by molar-refractivity contribution is 0.0902. The first-order valence-electron chi connectivity index (χ1n) is 5.24. The molecule has 17 heavy (non-hydrogen) atoms. The van der Waals surface area contributed by atoms with Crippen LogP contribution < -0.4 is 11.5 Å². The van der Waals surface area contributed by atoms with Gasteiger partial charge in [0.05, 0.1) is 5.56 Å². The maximum Gasteiger partial charge on any atom is 0.200 e. The van der Waals surface area contributed by atoms with Crippen LogP contribution in [0, 0.1) is 0 Å². The quantitative estimate of drug-likeness (QED) is 0.536. The summed E-state index contributed by atoms with van der Waals surface area (Å²) in [7, 11) is 0. The molecule has 4 heteroatoms. The lowest BCUT2D eigenvalue weighted by Gasteiger charge is -2.17. The molecule has 2 aromatic carbocycles. The van der Waals surface area contributed by atoms with Crippen LogP contribution in [0.5, 0.6) is 5.75 Å². The van der Waals surface area contributed by atoms with Crippen LogP contribution in [0.25, 0.3) is 10.8 Å². The van der Waals surface area contributed by atoms with Crippen LogP contribution in [-0.4, -0.2) is 16.6 Å². The number of benzene rings is 2. The van der Waals surface area contributed by atoms with Gasteiger partial charge in [0, 0.05) is 0 Å². The molecule has 0 amide bonds. The van der Waals surface area contributed by atoms with Gasteiger partial charge < -0.3 is 16.6 Å². The first-order valence-corrected chi connectivity index (χ1v) is 5.24. The van der Waals surface area contributed by atoms with E-state index in [1.54, 1.807) is 6.07 Å². The van der Waals surface area contributed by atoms with E-state index in [9.17, 15) is 9.90 Å². The summed E-state index contributed by atoms with van der Waals surface area (Å²) in [5, 5.41) is 11.5. The molecule has 4 nitrogen and oxygen atoms in total. The zero-order valence-electron chi connectivity index (χ0n) is 9.47. The Hall–Kier alpha value is -1.91. The number of phenols is 1. The molecule has 2 aromatic rings. The molecule has 0 bridgehead atoms. The molecule has 0 heterocycles. The van der Waals surface area contributed by atoms with Crippen LogP contribution in [-0.2, 0) is 0 Å². The van der Waals surface area contributed by atoms with Gasteiger partial charge in [0.1, 0.15) is 11.4 Å². The summed E-state index contributed by atoms with van der Waals surface area (Å²) in [5.74, 6) is -0.587. The molecule has 0 saturated carbocycles. The summed E-state index contributed by atoms with van der Waals surface area (Å²) in [4.78, 5) is 11.9. The molecular weight excluding hydrogens is 216 g/mol. The Labute approximate surface area is 98.8 Å². The minimum Gasteiger partial charge on any atom is -0.507 e. The fourth-order valence-corrected chi connectivity index (χ4v) is 1.70. The minimum atomic E-state index is -1.49. The molecular formula is C13H14N2O2. The molecule has 2 rings (SSSR count). The Morgan fingerprint density at radius 2 is 1.71 bits per heavy atom. The van der Waals surface area contributed by atoms with Crippen LogP contribution in [0.2, 0.25) is 0 Å². The van der Waals surface area contributed by atoms with Gasteiger partial charge in [-0.1, -0.05) is 24.3 Å². The van der Waals surface area contributed by atoms with E-state index in [1.807, 2.05) is 24.3 Å². The first-order chi connectivity index (χ1) is 7.89. The lowest BCUT2D eigenvalue weighted by Crippen LogP contribution is -2.53. The van der Waals surface area contributed by atoms with Crippen molar-refractivity contribution in [3.63, 3.8) is 0 Å². The van der Waals surface area contributed by atoms with Gasteiger partial charge in [0.2, 0.25) is 0 Å². The van der Waals surface area contributed by atoms with Crippen LogP contribution in [0.4, 0.5) is 0 Å². The van der Waals surface area contributed by atoms with Gasteiger partial charge in [0.25, 0.3) is 0 Å². The molecule has 0 aliphatic heterocycles. The fraction of sp³-hybridized carbons (Fsp3) is 0.154. The number of hydrogen-bond donors (Lipinski definition) is 3. The normalized spacial score (nSPS) is 11.7. The predicted molar refractivity (Wildman–Crippen MR) is 66.7 cm³/mol. The number of fused-ring (bicyclic) bond motifs is 1. The Kier molecular flexibility index (Phi) is 2.61. The number of aromatic hydroxyl groups is 1. The number of ketones is 1. The van der Waals surface area contributed by atoms with Crippen molar-refractivity contribution in [3.8, 4) is 5.75 Å². The number of phenolic OH excluding ortho intramolecular Hbond substituents is 1. The second kappa shape index (κ2) is 3.84. The molecule has 0 aliphatic carbocycles. The molecule has 0 aliphatic rings. The second-order valence-electron chi connectivity index (χ2n) is 4.33. The van der Waals surface area contributed by atoms with E-state index in [-0.39, 0.29) is 11.3 Å². The summed E-state index contributed by atoms with van der Waals surface area (Å²) in [6.07, 6.45) is 0. The molecule has 0 fully saturated rings. The van der Waals surface area contributed by atoms with Crippen molar-refractivity contribution >= 4 is 16.6 Å². The summed E-state index contributed by atoms with van der Waals surface area (Å²) in [6.45, 7) is 1.41. The number of carbonyl (C=O) groups excluding carboxylic acids is 1. The third-order valence-corrected chi connectivity index (χ3v) is 2.60. The van der Waals surface area contributed by atoms with Crippen LogP contribution >= 0.6 is 0 Å². The molecule has 0 unspecified atom stereocenters. The van der Waals surface area contributed by atoms with Crippen LogP contribution in [0.15, 0.2) is 36.4 Å². The van der Waals surface area contributed by atoms with E-state index in [0.29, 0.717) is 0 Å². The molecule has 88 valence electrons. The average Bonchev–Trinajstić information content (AvgIpc) is 2.26. The number of hydrogen-bond acceptors (Lipinski definition) is 4. The lowest BCUT2D eigenvalue weighted by atomic mass is 9.97. The molecule has 0 atom stereocenters. The molecule has 0 aromatic heterocycles. The van der Waals surface area contributed by atoms with Gasteiger partial charge in [-0.2, -0.15) is 0 Å². The number of rotatable bonds is 2. The summed E-state index contributed by atoms with van der Waals surface area (Å²) in [5.41, 5.74) is 9.75. The van der Waals surface area contributed by atoms with E-state index in [0.717, 1.165) is 10.8 Å². The van der Waals surface area contributed by atoms with Crippen LogP contribution in [0.1, 0.15) is 17.3 Å². The van der Waals surface area contributed by atoms with Gasteiger partial charge in [-0.05, 0) is 29.8 Å². The van der Waals surface area contributed by atoms with Crippen molar-refractivity contribution in [2.45, 2.75) is 12.6 Å². The van der Waals surface area contributed by atoms with Gasteiger partial charge >= 0.3 is 0 Å². The summed E-state index contributed by atoms with van der Waals surface area (Å²) in [6, 6.07) is 10.6. The smallest absolute Gasteiger partial charge is 0.200 e. The Morgan fingerprint density at radius 1 is 1.18 bits per heavy atom. The van der Waals surface area contributed by atoms with E-state index >= 15 is 0 Å². The highest BCUT2D eigenvalue weighted by Gasteiger charge is 2.26. The highest BCUT2D eigenvalue weighted by molar-refractivity contribution is 6.07. The Balaban J connectivity index is 2.63. The van der Waals surface area contributed by atoms with E-state index in [4.69, 9.17) is 11.5 Å². The van der Waals surface area contributed by atoms with E-state index < -0.39 is 11.4 Å². The average molecular weight is 230 g/mol. The Morgan fingerprint density at radius 3 is 2.24 bits per heavy atom. The molecule has 0 spiro atoms. The van der Waals surface area contributed by atoms with Crippen molar-refractivity contribution in [2.75, 3.05) is 0 Å². The Bertz CT molecular complexity index is 585. The largest absolute Gasteiger partial charge is 0.507 e. The molecule has 5 N–H and O–H groups in total. The van der Waals surface area contributed by atoms with Crippen molar-refractivity contribution in [1.82, 2.24) is 0 Å². The van der Waals surface area contributed by atoms with Crippen molar-refractivity contribution in [2.24, 2.45) is 11.5 Å². The van der Waals surface area contributed by atoms with Gasteiger partial charge in [-0.3, -0.25) is 4.79 Å². The molecule has 0 saturated heterocycles. The third kappa shape index (κ3) is 2.13. The van der Waals surface area contributed by atoms with Crippen molar-refractivity contribution in [3.05, 3.63) is 42.0 Å². The minimum absolute atomic E-state index is 0.101. The second-order valence-corrected chi connectivity index (χ2v) is 4.33. The van der Waals surface area contributed by atoms with Crippen molar-refractivity contribution in [1.29, 1.82) is 0 Å². The zero-order chi connectivity index (χ0) is 12.6. The highest BCUT2D eigenvalue weighted by Crippen LogP contribution is 2.26. The van der Waals surface area contributed by atoms with Gasteiger partial charge in [0.15, 0.2) is 5.78 Å². The fourth-order valence-electron chi connectivity index (χ4n) is 1.70. The number of Topliss-reactive ketones (excluding diaryl/α,β-unsaturated/α-hetero) is 1. The van der Waals surface area contributed by atoms with Gasteiger partial charge in [-0.25, -0.2) is 0 Å². The van der Waals surface area contributed by atoms with Crippen LogP contribution in [0.3, 0.4) is 0 Å². The summed E-state index contributed by atoms with van der Waals surface area (Å²) >= 11 is 0. The standard InChI is InChI=1S/C13H14N2O2/c1-13(14,15)12(17)10-6-8-4-2-3-5-9(8)7-11(10)16/h2-7,16H,14-15H2,1H3. The first kappa shape index (κ1) is 11.6. The maximum atomic E-state index is 11.9. The number of nitrogens with two attached hydrogens (primary N) is 2. The van der Waals surface area contributed by atoms with Crippen molar-refractivity contribution < 1.29 is 9.90 Å². The third-order valence-electron chi connectivity index (χ3n) is 2.60. The van der Waals surface area contributed by atoms with Gasteiger partial charge in [-0.15, -0.1) is 0 Å².